The number of benzene rings is 1. The van der Waals surface area contributed by atoms with E-state index in [1.54, 1.807) is 16.8 Å². The quantitative estimate of drug-likeness (QED) is 0.679. The van der Waals surface area contributed by atoms with E-state index in [0.717, 1.165) is 12.2 Å². The number of hydrogen-bond acceptors (Lipinski definition) is 3. The zero-order valence-corrected chi connectivity index (χ0v) is 12.7. The molecule has 0 saturated heterocycles. The van der Waals surface area contributed by atoms with Crippen molar-refractivity contribution < 1.29 is 0 Å². The zero-order valence-electron chi connectivity index (χ0n) is 11.9. The van der Waals surface area contributed by atoms with Crippen LogP contribution in [-0.4, -0.2) is 10.3 Å². The second-order valence-electron chi connectivity index (χ2n) is 4.97. The molecule has 106 valence electrons. The molecule has 0 amide bonds. The Morgan fingerprint density at radius 2 is 2.00 bits per heavy atom. The van der Waals surface area contributed by atoms with Gasteiger partial charge in [0.2, 0.25) is 0 Å². The van der Waals surface area contributed by atoms with Gasteiger partial charge in [-0.1, -0.05) is 17.7 Å². The van der Waals surface area contributed by atoms with Crippen LogP contribution in [-0.2, 0) is 6.54 Å². The Hall–Kier alpha value is -1.68. The monoisotopic (exact) mass is 288 g/mol. The lowest BCUT2D eigenvalue weighted by atomic mass is 10.2. The molecule has 1 aromatic heterocycles. The van der Waals surface area contributed by atoms with Crippen LogP contribution in [0, 0.1) is 13.8 Å². The van der Waals surface area contributed by atoms with Gasteiger partial charge in [0, 0.05) is 29.4 Å². The summed E-state index contributed by atoms with van der Waals surface area (Å²) in [6.45, 7) is 4.95. The molecule has 3 nitrogen and oxygen atoms in total. The minimum absolute atomic E-state index is 0.0101. The molecule has 0 saturated carbocycles. The van der Waals surface area contributed by atoms with Crippen LogP contribution in [0.2, 0.25) is 0 Å². The average Bonchev–Trinajstić information content (AvgIpc) is 2.42. The van der Waals surface area contributed by atoms with Crippen molar-refractivity contribution in [1.29, 1.82) is 0 Å². The van der Waals surface area contributed by atoms with Gasteiger partial charge < -0.3 is 10.3 Å². The van der Waals surface area contributed by atoms with Crippen LogP contribution in [0.25, 0.3) is 0 Å². The third-order valence-corrected chi connectivity index (χ3v) is 4.39. The molecule has 20 heavy (non-hydrogen) atoms. The smallest absolute Gasteiger partial charge is 0.250 e. The maximum Gasteiger partial charge on any atom is 0.250 e. The zero-order chi connectivity index (χ0) is 14.5. The van der Waals surface area contributed by atoms with E-state index in [9.17, 15) is 4.79 Å². The summed E-state index contributed by atoms with van der Waals surface area (Å²) >= 11 is 1.84. The van der Waals surface area contributed by atoms with E-state index in [1.807, 2.05) is 11.8 Å². The Kier molecular flexibility index (Phi) is 4.90. The summed E-state index contributed by atoms with van der Waals surface area (Å²) in [7, 11) is 0. The van der Waals surface area contributed by atoms with Gasteiger partial charge in [-0.2, -0.15) is 0 Å². The summed E-state index contributed by atoms with van der Waals surface area (Å²) in [4.78, 5) is 13.0. The highest BCUT2D eigenvalue weighted by molar-refractivity contribution is 7.99. The van der Waals surface area contributed by atoms with Crippen LogP contribution in [0.5, 0.6) is 0 Å². The van der Waals surface area contributed by atoms with Gasteiger partial charge in [-0.3, -0.25) is 4.79 Å². The van der Waals surface area contributed by atoms with Gasteiger partial charge in [0.1, 0.15) is 0 Å². The Bertz CT molecular complexity index is 649. The molecule has 0 fully saturated rings. The minimum atomic E-state index is 0.0101. The number of aromatic nitrogens is 1. The predicted octanol–water partition coefficient (Wildman–Crippen LogP) is 3.23. The lowest BCUT2D eigenvalue weighted by molar-refractivity contribution is 0.660. The lowest BCUT2D eigenvalue weighted by Crippen LogP contribution is -2.19. The topological polar surface area (TPSA) is 48.0 Å². The van der Waals surface area contributed by atoms with E-state index < -0.39 is 0 Å². The third-order valence-electron chi connectivity index (χ3n) is 3.15. The number of aryl methyl sites for hydroxylation is 3. The van der Waals surface area contributed by atoms with Gasteiger partial charge in [-0.15, -0.1) is 11.8 Å². The summed E-state index contributed by atoms with van der Waals surface area (Å²) in [5.41, 5.74) is 8.93. The molecular weight excluding hydrogens is 268 g/mol. The first kappa shape index (κ1) is 14.7. The van der Waals surface area contributed by atoms with Crippen molar-refractivity contribution in [1.82, 2.24) is 4.57 Å². The van der Waals surface area contributed by atoms with Gasteiger partial charge in [0.05, 0.1) is 0 Å². The van der Waals surface area contributed by atoms with E-state index in [4.69, 9.17) is 5.73 Å². The number of nitrogen functional groups attached to an aromatic ring is 1. The summed E-state index contributed by atoms with van der Waals surface area (Å²) in [6, 6.07) is 9.66. The number of rotatable bonds is 5. The van der Waals surface area contributed by atoms with Crippen molar-refractivity contribution in [3.63, 3.8) is 0 Å². The Morgan fingerprint density at radius 1 is 1.20 bits per heavy atom. The molecule has 1 heterocycles. The van der Waals surface area contributed by atoms with Crippen LogP contribution < -0.4 is 11.3 Å². The number of pyridine rings is 1. The molecule has 0 atom stereocenters. The van der Waals surface area contributed by atoms with Crippen LogP contribution in [0.15, 0.2) is 46.2 Å². The molecule has 0 unspecified atom stereocenters. The van der Waals surface area contributed by atoms with Crippen LogP contribution >= 0.6 is 11.8 Å². The molecule has 2 N–H and O–H groups in total. The number of nitrogens with zero attached hydrogens (tertiary/aromatic N) is 1. The first-order valence-electron chi connectivity index (χ1n) is 6.72. The van der Waals surface area contributed by atoms with Crippen LogP contribution in [0.1, 0.15) is 17.5 Å². The standard InChI is InChI=1S/C16H20N2OS/c1-12-4-5-13(2)15(10-12)20-9-3-8-18-11-14(17)6-7-16(18)19/h4-7,10-11H,3,8-9,17H2,1-2H3. The largest absolute Gasteiger partial charge is 0.398 e. The fourth-order valence-electron chi connectivity index (χ4n) is 2.00. The third kappa shape index (κ3) is 3.90. The first-order valence-corrected chi connectivity index (χ1v) is 7.71. The molecule has 0 aliphatic rings. The van der Waals surface area contributed by atoms with E-state index in [0.29, 0.717) is 12.2 Å². The van der Waals surface area contributed by atoms with Crippen LogP contribution in [0.4, 0.5) is 5.69 Å². The van der Waals surface area contributed by atoms with Crippen molar-refractivity contribution in [2.24, 2.45) is 0 Å². The molecule has 0 radical (unpaired) electrons. The summed E-state index contributed by atoms with van der Waals surface area (Å²) in [6.07, 6.45) is 2.66. The number of nitrogens with two attached hydrogens (primary N) is 1. The Balaban J connectivity index is 1.89. The molecule has 4 heteroatoms. The second-order valence-corrected chi connectivity index (χ2v) is 6.10. The Morgan fingerprint density at radius 3 is 2.80 bits per heavy atom. The summed E-state index contributed by atoms with van der Waals surface area (Å²) < 4.78 is 1.68. The molecule has 1 aromatic carbocycles. The van der Waals surface area contributed by atoms with Gasteiger partial charge in [-0.25, -0.2) is 0 Å². The second kappa shape index (κ2) is 6.66. The van der Waals surface area contributed by atoms with Crippen molar-refractivity contribution >= 4 is 17.4 Å². The summed E-state index contributed by atoms with van der Waals surface area (Å²) in [5.74, 6) is 0.992. The molecule has 2 aromatic rings. The van der Waals surface area contributed by atoms with Crippen molar-refractivity contribution in [2.75, 3.05) is 11.5 Å². The highest BCUT2D eigenvalue weighted by atomic mass is 32.2. The number of hydrogen-bond donors (Lipinski definition) is 1. The fourth-order valence-corrected chi connectivity index (χ4v) is 3.06. The van der Waals surface area contributed by atoms with Gasteiger partial charge in [-0.05, 0) is 43.7 Å². The van der Waals surface area contributed by atoms with Crippen LogP contribution in [0.3, 0.4) is 0 Å². The first-order chi connectivity index (χ1) is 9.56. The molecule has 0 aliphatic heterocycles. The van der Waals surface area contributed by atoms with Gasteiger partial charge in [0.25, 0.3) is 5.56 Å². The van der Waals surface area contributed by atoms with E-state index in [1.165, 1.54) is 22.1 Å². The van der Waals surface area contributed by atoms with E-state index in [2.05, 4.69) is 32.0 Å². The lowest BCUT2D eigenvalue weighted by Gasteiger charge is -2.08. The number of anilines is 1. The van der Waals surface area contributed by atoms with Gasteiger partial charge in [0.15, 0.2) is 0 Å². The molecule has 0 aliphatic carbocycles. The highest BCUT2D eigenvalue weighted by Crippen LogP contribution is 2.24. The minimum Gasteiger partial charge on any atom is -0.398 e. The van der Waals surface area contributed by atoms with Crippen molar-refractivity contribution in [3.8, 4) is 0 Å². The molecule has 2 rings (SSSR count). The van der Waals surface area contributed by atoms with E-state index >= 15 is 0 Å². The molecular formula is C16H20N2OS. The molecule has 0 bridgehead atoms. The van der Waals surface area contributed by atoms with Crippen molar-refractivity contribution in [3.05, 3.63) is 58.0 Å². The van der Waals surface area contributed by atoms with E-state index in [-0.39, 0.29) is 5.56 Å². The number of thioether (sulfide) groups is 1. The maximum absolute atomic E-state index is 11.6. The van der Waals surface area contributed by atoms with Crippen molar-refractivity contribution in [2.45, 2.75) is 31.7 Å². The van der Waals surface area contributed by atoms with Gasteiger partial charge >= 0.3 is 0 Å². The predicted molar refractivity (Wildman–Crippen MR) is 86.4 cm³/mol. The Labute approximate surface area is 123 Å². The SMILES string of the molecule is Cc1ccc(C)c(SCCCn2cc(N)ccc2=O)c1. The fraction of sp³-hybridized carbons (Fsp3) is 0.312. The average molecular weight is 288 g/mol. The summed E-state index contributed by atoms with van der Waals surface area (Å²) in [5, 5.41) is 0. The normalized spacial score (nSPS) is 10.7. The molecule has 0 spiro atoms. The highest BCUT2D eigenvalue weighted by Gasteiger charge is 2.01. The maximum atomic E-state index is 11.6.